The van der Waals surface area contributed by atoms with Gasteiger partial charge in [-0.3, -0.25) is 0 Å². The maximum atomic E-state index is 6.08. The zero-order chi connectivity index (χ0) is 14.7. The molecule has 2 aromatic rings. The lowest BCUT2D eigenvalue weighted by atomic mass is 10.1. The van der Waals surface area contributed by atoms with Crippen LogP contribution in [0.3, 0.4) is 0 Å². The van der Waals surface area contributed by atoms with Crippen LogP contribution in [0.2, 0.25) is 0 Å². The van der Waals surface area contributed by atoms with Crippen LogP contribution >= 0.6 is 0 Å². The van der Waals surface area contributed by atoms with Crippen LogP contribution in [0.25, 0.3) is 0 Å². The molecule has 1 heterocycles. The van der Waals surface area contributed by atoms with Crippen LogP contribution in [0.1, 0.15) is 24.0 Å². The Morgan fingerprint density at radius 1 is 1.10 bits per heavy atom. The summed E-state index contributed by atoms with van der Waals surface area (Å²) >= 11 is 0. The maximum Gasteiger partial charge on any atom is 0.145 e. The molecule has 0 saturated carbocycles. The van der Waals surface area contributed by atoms with Crippen molar-refractivity contribution in [2.75, 3.05) is 23.7 Å². The minimum Gasteiger partial charge on any atom is -0.487 e. The van der Waals surface area contributed by atoms with Gasteiger partial charge in [0.05, 0.1) is 5.69 Å². The Morgan fingerprint density at radius 2 is 1.86 bits per heavy atom. The number of anilines is 2. The highest BCUT2D eigenvalue weighted by Gasteiger charge is 2.17. The van der Waals surface area contributed by atoms with E-state index in [1.54, 1.807) is 0 Å². The van der Waals surface area contributed by atoms with E-state index >= 15 is 0 Å². The van der Waals surface area contributed by atoms with E-state index in [-0.39, 0.29) is 0 Å². The zero-order valence-electron chi connectivity index (χ0n) is 12.5. The van der Waals surface area contributed by atoms with Gasteiger partial charge in [0, 0.05) is 24.8 Å². The molecule has 0 aliphatic carbocycles. The number of hydrogen-bond donors (Lipinski definition) is 1. The molecule has 0 aromatic heterocycles. The van der Waals surface area contributed by atoms with Crippen molar-refractivity contribution in [1.82, 2.24) is 0 Å². The monoisotopic (exact) mass is 282 g/mol. The fourth-order valence-electron chi connectivity index (χ4n) is 2.79. The first-order valence-corrected chi connectivity index (χ1v) is 7.56. The molecule has 0 amide bonds. The van der Waals surface area contributed by atoms with Gasteiger partial charge in [-0.15, -0.1) is 0 Å². The minimum absolute atomic E-state index is 0.580. The van der Waals surface area contributed by atoms with Crippen LogP contribution < -0.4 is 15.4 Å². The lowest BCUT2D eigenvalue weighted by molar-refractivity contribution is 0.306. The van der Waals surface area contributed by atoms with Crippen LogP contribution in [-0.2, 0) is 6.61 Å². The molecule has 3 rings (SSSR count). The molecule has 0 bridgehead atoms. The molecule has 0 atom stereocenters. The molecular weight excluding hydrogens is 260 g/mol. The summed E-state index contributed by atoms with van der Waals surface area (Å²) in [7, 11) is 0. The molecule has 1 aliphatic heterocycles. The van der Waals surface area contributed by atoms with Crippen molar-refractivity contribution in [2.24, 2.45) is 0 Å². The third-order valence-corrected chi connectivity index (χ3v) is 4.08. The van der Waals surface area contributed by atoms with E-state index in [9.17, 15) is 0 Å². The topological polar surface area (TPSA) is 38.5 Å². The van der Waals surface area contributed by atoms with Crippen molar-refractivity contribution in [3.05, 3.63) is 53.6 Å². The summed E-state index contributed by atoms with van der Waals surface area (Å²) in [6, 6.07) is 14.3. The van der Waals surface area contributed by atoms with Gasteiger partial charge in [-0.25, -0.2) is 0 Å². The Balaban J connectivity index is 1.80. The van der Waals surface area contributed by atoms with Gasteiger partial charge in [0.25, 0.3) is 0 Å². The van der Waals surface area contributed by atoms with Crippen LogP contribution in [0, 0.1) is 6.92 Å². The summed E-state index contributed by atoms with van der Waals surface area (Å²) in [6.45, 7) is 4.89. The standard InChI is InChI=1S/C18H22N2O/c1-14-6-2-3-7-15(14)13-21-18-12-16(19)8-9-17(18)20-10-4-5-11-20/h2-3,6-9,12H,4-5,10-11,13,19H2,1H3. The number of aryl methyl sites for hydroxylation is 1. The highest BCUT2D eigenvalue weighted by atomic mass is 16.5. The van der Waals surface area contributed by atoms with Gasteiger partial charge in [-0.1, -0.05) is 24.3 Å². The summed E-state index contributed by atoms with van der Waals surface area (Å²) in [5, 5.41) is 0. The van der Waals surface area contributed by atoms with Crippen molar-refractivity contribution in [1.29, 1.82) is 0 Å². The average Bonchev–Trinajstić information content (AvgIpc) is 3.00. The predicted octanol–water partition coefficient (Wildman–Crippen LogP) is 3.76. The second kappa shape index (κ2) is 6.08. The Hall–Kier alpha value is -2.16. The first-order valence-electron chi connectivity index (χ1n) is 7.56. The molecule has 110 valence electrons. The van der Waals surface area contributed by atoms with Crippen molar-refractivity contribution in [3.63, 3.8) is 0 Å². The molecule has 2 N–H and O–H groups in total. The Labute approximate surface area is 126 Å². The summed E-state index contributed by atoms with van der Waals surface area (Å²) < 4.78 is 6.08. The summed E-state index contributed by atoms with van der Waals surface area (Å²) in [5.74, 6) is 0.889. The molecule has 0 spiro atoms. The summed E-state index contributed by atoms with van der Waals surface area (Å²) in [4.78, 5) is 2.38. The normalized spacial score (nSPS) is 14.4. The highest BCUT2D eigenvalue weighted by Crippen LogP contribution is 2.33. The number of nitrogens with two attached hydrogens (primary N) is 1. The minimum atomic E-state index is 0.580. The van der Waals surface area contributed by atoms with E-state index in [0.29, 0.717) is 6.61 Å². The van der Waals surface area contributed by atoms with Gasteiger partial charge in [0.1, 0.15) is 12.4 Å². The van der Waals surface area contributed by atoms with Crippen molar-refractivity contribution in [3.8, 4) is 5.75 Å². The molecule has 0 unspecified atom stereocenters. The van der Waals surface area contributed by atoms with Gasteiger partial charge in [-0.2, -0.15) is 0 Å². The number of rotatable bonds is 4. The van der Waals surface area contributed by atoms with Crippen molar-refractivity contribution < 1.29 is 4.74 Å². The molecule has 3 heteroatoms. The van der Waals surface area contributed by atoms with Gasteiger partial charge in [-0.05, 0) is 43.0 Å². The number of hydrogen-bond acceptors (Lipinski definition) is 3. The smallest absolute Gasteiger partial charge is 0.145 e. The van der Waals surface area contributed by atoms with Crippen molar-refractivity contribution >= 4 is 11.4 Å². The summed E-state index contributed by atoms with van der Waals surface area (Å²) in [6.07, 6.45) is 2.50. The van der Waals surface area contributed by atoms with E-state index in [2.05, 4.69) is 36.1 Å². The molecule has 1 saturated heterocycles. The first-order chi connectivity index (χ1) is 10.2. The number of ether oxygens (including phenoxy) is 1. The quantitative estimate of drug-likeness (QED) is 0.868. The van der Waals surface area contributed by atoms with E-state index < -0.39 is 0 Å². The Kier molecular flexibility index (Phi) is 4.00. The van der Waals surface area contributed by atoms with Crippen LogP contribution in [-0.4, -0.2) is 13.1 Å². The van der Waals surface area contributed by atoms with Gasteiger partial charge >= 0.3 is 0 Å². The van der Waals surface area contributed by atoms with Gasteiger partial charge in [0.2, 0.25) is 0 Å². The number of nitrogens with zero attached hydrogens (tertiary/aromatic N) is 1. The van der Waals surface area contributed by atoms with Crippen LogP contribution in [0.4, 0.5) is 11.4 Å². The third kappa shape index (κ3) is 3.13. The molecule has 2 aromatic carbocycles. The van der Waals surface area contributed by atoms with E-state index in [1.807, 2.05) is 18.2 Å². The molecule has 0 radical (unpaired) electrons. The van der Waals surface area contributed by atoms with E-state index in [4.69, 9.17) is 10.5 Å². The average molecular weight is 282 g/mol. The lowest BCUT2D eigenvalue weighted by Gasteiger charge is -2.22. The van der Waals surface area contributed by atoms with Crippen molar-refractivity contribution in [2.45, 2.75) is 26.4 Å². The van der Waals surface area contributed by atoms with E-state index in [0.717, 1.165) is 30.2 Å². The summed E-state index contributed by atoms with van der Waals surface area (Å²) in [5.41, 5.74) is 10.3. The molecule has 1 aliphatic rings. The number of nitrogen functional groups attached to an aromatic ring is 1. The molecule has 21 heavy (non-hydrogen) atoms. The fourth-order valence-corrected chi connectivity index (χ4v) is 2.79. The van der Waals surface area contributed by atoms with E-state index in [1.165, 1.54) is 24.0 Å². The van der Waals surface area contributed by atoms with Gasteiger partial charge < -0.3 is 15.4 Å². The molecular formula is C18H22N2O. The third-order valence-electron chi connectivity index (χ3n) is 4.08. The molecule has 1 fully saturated rings. The van der Waals surface area contributed by atoms with Crippen LogP contribution in [0.15, 0.2) is 42.5 Å². The Morgan fingerprint density at radius 3 is 2.62 bits per heavy atom. The second-order valence-electron chi connectivity index (χ2n) is 5.64. The lowest BCUT2D eigenvalue weighted by Crippen LogP contribution is -2.18. The SMILES string of the molecule is Cc1ccccc1COc1cc(N)ccc1N1CCCC1. The zero-order valence-corrected chi connectivity index (χ0v) is 12.5. The maximum absolute atomic E-state index is 6.08. The highest BCUT2D eigenvalue weighted by molar-refractivity contribution is 5.64. The van der Waals surface area contributed by atoms with Gasteiger partial charge in [0.15, 0.2) is 0 Å². The Bertz CT molecular complexity index is 618. The first kappa shape index (κ1) is 13.8. The van der Waals surface area contributed by atoms with Crippen LogP contribution in [0.5, 0.6) is 5.75 Å². The second-order valence-corrected chi connectivity index (χ2v) is 5.64. The largest absolute Gasteiger partial charge is 0.487 e. The number of benzene rings is 2. The molecule has 3 nitrogen and oxygen atoms in total. The predicted molar refractivity (Wildman–Crippen MR) is 87.8 cm³/mol. The fraction of sp³-hybridized carbons (Fsp3) is 0.333.